The van der Waals surface area contributed by atoms with Crippen LogP contribution in [0.1, 0.15) is 6.92 Å². The lowest BCUT2D eigenvalue weighted by Crippen LogP contribution is -1.67. The molecule has 0 bridgehead atoms. The second kappa shape index (κ2) is 3.89. The van der Waals surface area contributed by atoms with Crippen LogP contribution in [0.5, 0.6) is 0 Å². The summed E-state index contributed by atoms with van der Waals surface area (Å²) in [4.78, 5) is 0. The molecule has 0 unspecified atom stereocenters. The Morgan fingerprint density at radius 3 is 2.44 bits per heavy atom. The minimum absolute atomic E-state index is 0.146. The van der Waals surface area contributed by atoms with Gasteiger partial charge in [0.05, 0.1) is 0 Å². The predicted molar refractivity (Wildman–Crippen MR) is 35.8 cm³/mol. The first-order chi connectivity index (χ1) is 4.16. The van der Waals surface area contributed by atoms with Gasteiger partial charge in [0.2, 0.25) is 0 Å². The largest absolute Gasteiger partial charge is 0.509 e. The molecule has 1 N–H and O–H groups in total. The summed E-state index contributed by atoms with van der Waals surface area (Å²) in [6, 6.07) is 0. The third-order valence-corrected chi connectivity index (χ3v) is 0.711. The summed E-state index contributed by atoms with van der Waals surface area (Å²) in [6.45, 7) is 4.71. The van der Waals surface area contributed by atoms with E-state index in [0.29, 0.717) is 0 Å². The van der Waals surface area contributed by atoms with Crippen molar-refractivity contribution in [1.29, 1.82) is 0 Å². The topological polar surface area (TPSA) is 20.2 Å². The lowest BCUT2D eigenvalue weighted by atomic mass is 10.4. The molecule has 0 saturated heterocycles. The number of hydrogen-bond acceptors (Lipinski definition) is 1. The van der Waals surface area contributed by atoms with E-state index in [-0.39, 0.29) is 11.6 Å². The summed E-state index contributed by atoms with van der Waals surface area (Å²) in [7, 11) is 0. The van der Waals surface area contributed by atoms with Crippen molar-refractivity contribution in [3.63, 3.8) is 0 Å². The average Bonchev–Trinajstić information content (AvgIpc) is 1.83. The fourth-order valence-corrected chi connectivity index (χ4v) is 0.272. The molecular formula is C7H9FO. The molecule has 50 valence electrons. The summed E-state index contributed by atoms with van der Waals surface area (Å²) >= 11 is 0. The van der Waals surface area contributed by atoms with Crippen LogP contribution in [-0.4, -0.2) is 5.11 Å². The molecule has 9 heavy (non-hydrogen) atoms. The van der Waals surface area contributed by atoms with Crippen LogP contribution in [0.25, 0.3) is 0 Å². The van der Waals surface area contributed by atoms with Gasteiger partial charge in [0.25, 0.3) is 0 Å². The highest BCUT2D eigenvalue weighted by Gasteiger charge is 1.81. The maximum Gasteiger partial charge on any atom is 0.119 e. The smallest absolute Gasteiger partial charge is 0.119 e. The standard InChI is InChI=1S/C7H9FO/c1-3-7(8)5-4-6(2)9/h3-5,9H,2H2,1H3/b5-4-,7-3+. The molecule has 0 amide bonds. The van der Waals surface area contributed by atoms with E-state index in [1.807, 2.05) is 0 Å². The molecule has 0 aromatic heterocycles. The Bertz CT molecular complexity index is 156. The Morgan fingerprint density at radius 2 is 2.11 bits per heavy atom. The number of rotatable bonds is 2. The van der Waals surface area contributed by atoms with Gasteiger partial charge in [-0.3, -0.25) is 0 Å². The maximum absolute atomic E-state index is 12.1. The van der Waals surface area contributed by atoms with E-state index < -0.39 is 0 Å². The molecule has 0 aromatic carbocycles. The number of halogens is 1. The molecule has 0 fully saturated rings. The van der Waals surface area contributed by atoms with Crippen LogP contribution in [0.3, 0.4) is 0 Å². The first kappa shape index (κ1) is 7.95. The van der Waals surface area contributed by atoms with Crippen molar-refractivity contribution in [2.45, 2.75) is 6.92 Å². The molecule has 0 heterocycles. The van der Waals surface area contributed by atoms with Crippen LogP contribution in [0, 0.1) is 0 Å². The third kappa shape index (κ3) is 4.81. The first-order valence-electron chi connectivity index (χ1n) is 2.54. The number of aliphatic hydroxyl groups is 1. The lowest BCUT2D eigenvalue weighted by molar-refractivity contribution is 0.435. The summed E-state index contributed by atoms with van der Waals surface area (Å²) < 4.78 is 12.1. The molecule has 0 aliphatic rings. The van der Waals surface area contributed by atoms with E-state index in [9.17, 15) is 4.39 Å². The van der Waals surface area contributed by atoms with Gasteiger partial charge >= 0.3 is 0 Å². The molecule has 0 spiro atoms. The summed E-state index contributed by atoms with van der Waals surface area (Å²) in [5.41, 5.74) is 0. The SMILES string of the molecule is C=C(O)/C=C\C(F)=C/C. The van der Waals surface area contributed by atoms with E-state index >= 15 is 0 Å². The molecule has 0 radical (unpaired) electrons. The molecule has 0 atom stereocenters. The number of aliphatic hydroxyl groups excluding tert-OH is 1. The van der Waals surface area contributed by atoms with Gasteiger partial charge < -0.3 is 5.11 Å². The Labute approximate surface area is 53.8 Å². The summed E-state index contributed by atoms with van der Waals surface area (Å²) in [6.07, 6.45) is 3.62. The third-order valence-electron chi connectivity index (χ3n) is 0.711. The minimum atomic E-state index is -0.384. The predicted octanol–water partition coefficient (Wildman–Crippen LogP) is 2.49. The van der Waals surface area contributed by atoms with E-state index in [2.05, 4.69) is 6.58 Å². The molecule has 0 aliphatic heterocycles. The molecular weight excluding hydrogens is 119 g/mol. The van der Waals surface area contributed by atoms with Gasteiger partial charge in [0.1, 0.15) is 11.6 Å². The highest BCUT2D eigenvalue weighted by atomic mass is 19.1. The molecule has 2 heteroatoms. The zero-order chi connectivity index (χ0) is 7.28. The molecule has 1 nitrogen and oxygen atoms in total. The second-order valence-corrected chi connectivity index (χ2v) is 1.50. The average molecular weight is 128 g/mol. The van der Waals surface area contributed by atoms with Gasteiger partial charge in [0, 0.05) is 0 Å². The van der Waals surface area contributed by atoms with Gasteiger partial charge in [-0.15, -0.1) is 0 Å². The molecule has 0 rings (SSSR count). The second-order valence-electron chi connectivity index (χ2n) is 1.50. The van der Waals surface area contributed by atoms with E-state index in [1.54, 1.807) is 6.92 Å². The zero-order valence-electron chi connectivity index (χ0n) is 5.26. The van der Waals surface area contributed by atoms with E-state index in [0.717, 1.165) is 6.08 Å². The van der Waals surface area contributed by atoms with Gasteiger partial charge in [-0.25, -0.2) is 4.39 Å². The van der Waals surface area contributed by atoms with E-state index in [1.165, 1.54) is 12.2 Å². The quantitative estimate of drug-likeness (QED) is 0.447. The van der Waals surface area contributed by atoms with Crippen LogP contribution in [0.2, 0.25) is 0 Å². The van der Waals surface area contributed by atoms with E-state index in [4.69, 9.17) is 5.11 Å². The summed E-state index contributed by atoms with van der Waals surface area (Å²) in [5.74, 6) is -0.530. The van der Waals surface area contributed by atoms with Crippen molar-refractivity contribution < 1.29 is 9.50 Å². The monoisotopic (exact) mass is 128 g/mol. The van der Waals surface area contributed by atoms with Crippen molar-refractivity contribution >= 4 is 0 Å². The van der Waals surface area contributed by atoms with Crippen LogP contribution < -0.4 is 0 Å². The molecule has 0 aromatic rings. The van der Waals surface area contributed by atoms with Gasteiger partial charge in [-0.2, -0.15) is 0 Å². The maximum atomic E-state index is 12.1. The molecule has 0 saturated carbocycles. The first-order valence-corrected chi connectivity index (χ1v) is 2.54. The highest BCUT2D eigenvalue weighted by molar-refractivity contribution is 5.17. The van der Waals surface area contributed by atoms with Gasteiger partial charge in [0.15, 0.2) is 0 Å². The lowest BCUT2D eigenvalue weighted by Gasteiger charge is -1.83. The minimum Gasteiger partial charge on any atom is -0.509 e. The van der Waals surface area contributed by atoms with Crippen LogP contribution in [-0.2, 0) is 0 Å². The molecule has 0 aliphatic carbocycles. The highest BCUT2D eigenvalue weighted by Crippen LogP contribution is 1.98. The Morgan fingerprint density at radius 1 is 1.56 bits per heavy atom. The van der Waals surface area contributed by atoms with Crippen molar-refractivity contribution in [2.24, 2.45) is 0 Å². The van der Waals surface area contributed by atoms with Crippen molar-refractivity contribution in [3.05, 3.63) is 36.4 Å². The van der Waals surface area contributed by atoms with Crippen LogP contribution in [0.4, 0.5) is 4.39 Å². The van der Waals surface area contributed by atoms with Crippen molar-refractivity contribution in [2.75, 3.05) is 0 Å². The Hall–Kier alpha value is -1.05. The van der Waals surface area contributed by atoms with Gasteiger partial charge in [-0.1, -0.05) is 12.7 Å². The van der Waals surface area contributed by atoms with Crippen molar-refractivity contribution in [1.82, 2.24) is 0 Å². The fourth-order valence-electron chi connectivity index (χ4n) is 0.272. The van der Waals surface area contributed by atoms with Crippen LogP contribution >= 0.6 is 0 Å². The normalized spacial score (nSPS) is 12.4. The number of allylic oxidation sites excluding steroid dienone is 4. The Balaban J connectivity index is 3.86. The Kier molecular flexibility index (Phi) is 3.44. The summed E-state index contributed by atoms with van der Waals surface area (Å²) in [5, 5.41) is 8.42. The fraction of sp³-hybridized carbons (Fsp3) is 0.143. The number of hydrogen-bond donors (Lipinski definition) is 1. The van der Waals surface area contributed by atoms with Crippen LogP contribution in [0.15, 0.2) is 36.4 Å². The zero-order valence-corrected chi connectivity index (χ0v) is 5.26. The van der Waals surface area contributed by atoms with Crippen molar-refractivity contribution in [3.8, 4) is 0 Å². The van der Waals surface area contributed by atoms with Gasteiger partial charge in [-0.05, 0) is 19.1 Å².